The van der Waals surface area contributed by atoms with Crippen LogP contribution >= 0.6 is 0 Å². The van der Waals surface area contributed by atoms with Crippen molar-refractivity contribution in [2.45, 2.75) is 51.6 Å². The van der Waals surface area contributed by atoms with Crippen LogP contribution in [0.25, 0.3) is 22.6 Å². The van der Waals surface area contributed by atoms with E-state index in [-0.39, 0.29) is 5.96 Å². The van der Waals surface area contributed by atoms with E-state index >= 15 is 0 Å². The number of aliphatic imine (C=N–C) groups is 2. The van der Waals surface area contributed by atoms with Gasteiger partial charge in [0.15, 0.2) is 5.58 Å². The van der Waals surface area contributed by atoms with Gasteiger partial charge in [0, 0.05) is 11.3 Å². The molecule has 30 heavy (non-hydrogen) atoms. The van der Waals surface area contributed by atoms with Crippen molar-refractivity contribution < 1.29 is 4.42 Å². The van der Waals surface area contributed by atoms with E-state index in [0.717, 1.165) is 59.2 Å². The fraction of sp³-hybridized carbons (Fsp3) is 0.348. The maximum absolute atomic E-state index is 6.42. The lowest BCUT2D eigenvalue weighted by Crippen LogP contribution is -2.58. The van der Waals surface area contributed by atoms with E-state index in [0.29, 0.717) is 11.9 Å². The Morgan fingerprint density at radius 1 is 1.00 bits per heavy atom. The zero-order chi connectivity index (χ0) is 20.9. The first-order valence-electron chi connectivity index (χ1n) is 10.4. The Balaban J connectivity index is 1.62. The molecule has 2 aliphatic rings. The first kappa shape index (κ1) is 18.7. The number of rotatable bonds is 2. The molecule has 0 bridgehead atoms. The Morgan fingerprint density at radius 2 is 1.80 bits per heavy atom. The molecule has 0 atom stereocenters. The monoisotopic (exact) mass is 402 g/mol. The molecule has 0 radical (unpaired) electrons. The second-order valence-electron chi connectivity index (χ2n) is 8.31. The van der Waals surface area contributed by atoms with Crippen LogP contribution in [-0.2, 0) is 0 Å². The van der Waals surface area contributed by atoms with Crippen LogP contribution in [0.15, 0.2) is 50.8 Å². The van der Waals surface area contributed by atoms with Gasteiger partial charge in [-0.25, -0.2) is 9.98 Å². The van der Waals surface area contributed by atoms with Crippen LogP contribution in [-0.4, -0.2) is 22.6 Å². The Hall–Kier alpha value is -3.35. The molecular weight excluding hydrogens is 376 g/mol. The zero-order valence-corrected chi connectivity index (χ0v) is 17.4. The van der Waals surface area contributed by atoms with Crippen LogP contribution in [0.2, 0.25) is 0 Å². The second kappa shape index (κ2) is 6.86. The van der Waals surface area contributed by atoms with E-state index in [1.54, 1.807) is 0 Å². The average molecular weight is 403 g/mol. The number of fused-ring (bicyclic) bond motifs is 1. The van der Waals surface area contributed by atoms with Crippen molar-refractivity contribution in [2.75, 3.05) is 4.90 Å². The number of aryl methyl sites for hydroxylation is 2. The van der Waals surface area contributed by atoms with Crippen LogP contribution in [0.4, 0.5) is 5.69 Å². The van der Waals surface area contributed by atoms with Gasteiger partial charge in [0.05, 0.1) is 0 Å². The maximum atomic E-state index is 6.42. The normalized spacial score (nSPS) is 18.5. The van der Waals surface area contributed by atoms with Gasteiger partial charge in [-0.05, 0) is 74.9 Å². The number of benzene rings is 2. The average Bonchev–Trinajstić information content (AvgIpc) is 3.12. The number of aromatic nitrogens is 1. The molecule has 154 valence electrons. The summed E-state index contributed by atoms with van der Waals surface area (Å²) in [4.78, 5) is 15.8. The van der Waals surface area contributed by atoms with Crippen LogP contribution in [0.5, 0.6) is 0 Å². The Kier molecular flexibility index (Phi) is 4.27. The lowest BCUT2D eigenvalue weighted by Gasteiger charge is -2.46. The summed E-state index contributed by atoms with van der Waals surface area (Å²) in [7, 11) is 0. The maximum Gasteiger partial charge on any atom is 0.227 e. The number of hydrogen-bond acceptors (Lipinski definition) is 7. The van der Waals surface area contributed by atoms with Crippen molar-refractivity contribution in [3.8, 4) is 11.5 Å². The molecule has 2 heterocycles. The van der Waals surface area contributed by atoms with Crippen molar-refractivity contribution in [3.63, 3.8) is 0 Å². The predicted molar refractivity (Wildman–Crippen MR) is 120 cm³/mol. The number of anilines is 1. The third kappa shape index (κ3) is 3.01. The highest BCUT2D eigenvalue weighted by atomic mass is 16.3. The van der Waals surface area contributed by atoms with Gasteiger partial charge in [0.2, 0.25) is 17.8 Å². The van der Waals surface area contributed by atoms with Crippen LogP contribution in [0.1, 0.15) is 43.2 Å². The largest absolute Gasteiger partial charge is 0.436 e. The molecule has 0 saturated heterocycles. The summed E-state index contributed by atoms with van der Waals surface area (Å²) in [6, 6.07) is 12.2. The van der Waals surface area contributed by atoms with Gasteiger partial charge in [-0.3, -0.25) is 4.90 Å². The van der Waals surface area contributed by atoms with Gasteiger partial charge < -0.3 is 15.9 Å². The molecule has 4 N–H and O–H groups in total. The molecule has 1 saturated carbocycles. The highest BCUT2D eigenvalue weighted by Crippen LogP contribution is 2.41. The molecule has 1 aromatic heterocycles. The highest BCUT2D eigenvalue weighted by Gasteiger charge is 2.43. The lowest BCUT2D eigenvalue weighted by atomic mass is 9.87. The van der Waals surface area contributed by atoms with E-state index < -0.39 is 5.66 Å². The first-order chi connectivity index (χ1) is 14.4. The summed E-state index contributed by atoms with van der Waals surface area (Å²) in [6.45, 7) is 4.12. The number of nitrogens with zero attached hydrogens (tertiary/aromatic N) is 4. The molecular formula is C23H26N6O. The Morgan fingerprint density at radius 3 is 2.60 bits per heavy atom. The van der Waals surface area contributed by atoms with E-state index in [2.05, 4.69) is 28.9 Å². The highest BCUT2D eigenvalue weighted by molar-refractivity contribution is 6.06. The summed E-state index contributed by atoms with van der Waals surface area (Å²) in [6.07, 6.45) is 5.17. The standard InChI is InChI=1S/C23H26N6O/c1-14-6-9-19-17(12-14)26-20(30-19)16-8-7-15(2)18(13-16)29-22(25)27-21(24)28-23(29)10-4-3-5-11-23/h6-9,12-13H,3-5,10-11H2,1-2H3,(H4,24,25,27,28). The van der Waals surface area contributed by atoms with Gasteiger partial charge in [-0.15, -0.1) is 0 Å². The SMILES string of the molecule is Cc1ccc2oc(-c3ccc(C)c(N4C(N)=NC(N)=NC45CCCCC5)c3)nc2c1. The van der Waals surface area contributed by atoms with Gasteiger partial charge in [-0.2, -0.15) is 4.99 Å². The summed E-state index contributed by atoms with van der Waals surface area (Å²) in [5.74, 6) is 1.23. The predicted octanol–water partition coefficient (Wildman–Crippen LogP) is 4.22. The van der Waals surface area contributed by atoms with Crippen LogP contribution < -0.4 is 16.4 Å². The number of oxazole rings is 1. The van der Waals surface area contributed by atoms with Crippen molar-refractivity contribution >= 4 is 28.7 Å². The van der Waals surface area contributed by atoms with E-state index in [9.17, 15) is 0 Å². The molecule has 2 aromatic carbocycles. The number of nitrogens with two attached hydrogens (primary N) is 2. The minimum Gasteiger partial charge on any atom is -0.436 e. The third-order valence-corrected chi connectivity index (χ3v) is 6.09. The molecule has 7 heteroatoms. The number of guanidine groups is 2. The summed E-state index contributed by atoms with van der Waals surface area (Å²) in [5.41, 5.74) is 17.7. The van der Waals surface area contributed by atoms with Crippen molar-refractivity contribution in [1.29, 1.82) is 0 Å². The third-order valence-electron chi connectivity index (χ3n) is 6.09. The molecule has 1 spiro atoms. The van der Waals surface area contributed by atoms with Gasteiger partial charge in [0.25, 0.3) is 0 Å². The molecule has 1 aliphatic heterocycles. The molecule has 1 aliphatic carbocycles. The summed E-state index contributed by atoms with van der Waals surface area (Å²) < 4.78 is 6.03. The van der Waals surface area contributed by atoms with Crippen LogP contribution in [0.3, 0.4) is 0 Å². The molecule has 0 unspecified atom stereocenters. The van der Waals surface area contributed by atoms with Gasteiger partial charge >= 0.3 is 0 Å². The van der Waals surface area contributed by atoms with Crippen molar-refractivity contribution in [3.05, 3.63) is 47.5 Å². The second-order valence-corrected chi connectivity index (χ2v) is 8.31. The fourth-order valence-electron chi connectivity index (χ4n) is 4.61. The topological polar surface area (TPSA) is 106 Å². The molecule has 5 rings (SSSR count). The lowest BCUT2D eigenvalue weighted by molar-refractivity contribution is 0.305. The van der Waals surface area contributed by atoms with Crippen molar-refractivity contribution in [1.82, 2.24) is 4.98 Å². The van der Waals surface area contributed by atoms with E-state index in [1.165, 1.54) is 6.42 Å². The smallest absolute Gasteiger partial charge is 0.227 e. The molecule has 1 fully saturated rings. The first-order valence-corrected chi connectivity index (χ1v) is 10.4. The summed E-state index contributed by atoms with van der Waals surface area (Å²) >= 11 is 0. The Bertz CT molecular complexity index is 1190. The number of hydrogen-bond donors (Lipinski definition) is 2. The molecule has 3 aromatic rings. The minimum absolute atomic E-state index is 0.258. The van der Waals surface area contributed by atoms with E-state index in [4.69, 9.17) is 25.9 Å². The van der Waals surface area contributed by atoms with E-state index in [1.807, 2.05) is 31.2 Å². The molecule has 0 amide bonds. The zero-order valence-electron chi connectivity index (χ0n) is 17.4. The minimum atomic E-state index is -0.476. The Labute approximate surface area is 175 Å². The quantitative estimate of drug-likeness (QED) is 0.667. The fourth-order valence-corrected chi connectivity index (χ4v) is 4.61. The van der Waals surface area contributed by atoms with Gasteiger partial charge in [0.1, 0.15) is 11.2 Å². The van der Waals surface area contributed by atoms with Gasteiger partial charge in [-0.1, -0.05) is 18.6 Å². The summed E-state index contributed by atoms with van der Waals surface area (Å²) in [5, 5.41) is 0. The molecule has 7 nitrogen and oxygen atoms in total. The van der Waals surface area contributed by atoms with Crippen LogP contribution in [0, 0.1) is 13.8 Å². The van der Waals surface area contributed by atoms with Crippen molar-refractivity contribution in [2.24, 2.45) is 21.5 Å².